The van der Waals surface area contributed by atoms with E-state index in [0.717, 1.165) is 18.4 Å². The molecule has 0 heterocycles. The third-order valence-corrected chi connectivity index (χ3v) is 5.00. The normalized spacial score (nSPS) is 19.1. The molecule has 0 spiro atoms. The van der Waals surface area contributed by atoms with Crippen molar-refractivity contribution < 1.29 is 5.11 Å². The lowest BCUT2D eigenvalue weighted by atomic mass is 9.77. The molecule has 2 aromatic rings. The van der Waals surface area contributed by atoms with Crippen molar-refractivity contribution in [2.75, 3.05) is 0 Å². The Balaban J connectivity index is 2.00. The Hall–Kier alpha value is -1.60. The molecule has 0 bridgehead atoms. The summed E-state index contributed by atoms with van der Waals surface area (Å²) >= 11 is 0. The Morgan fingerprint density at radius 3 is 2.52 bits per heavy atom. The predicted octanol–water partition coefficient (Wildman–Crippen LogP) is 4.77. The molecule has 0 aliphatic heterocycles. The van der Waals surface area contributed by atoms with Gasteiger partial charge in [0, 0.05) is 5.92 Å². The van der Waals surface area contributed by atoms with Crippen LogP contribution in [0, 0.1) is 20.8 Å². The minimum atomic E-state index is -0.397. The average molecular weight is 280 g/mol. The van der Waals surface area contributed by atoms with Crippen molar-refractivity contribution in [1.29, 1.82) is 0 Å². The van der Waals surface area contributed by atoms with E-state index >= 15 is 0 Å². The first kappa shape index (κ1) is 14.3. The highest BCUT2D eigenvalue weighted by Crippen LogP contribution is 2.41. The Morgan fingerprint density at radius 2 is 1.71 bits per heavy atom. The van der Waals surface area contributed by atoms with E-state index in [1.54, 1.807) is 0 Å². The van der Waals surface area contributed by atoms with Crippen LogP contribution in [0.25, 0.3) is 0 Å². The fourth-order valence-corrected chi connectivity index (χ4v) is 3.64. The van der Waals surface area contributed by atoms with Gasteiger partial charge in [-0.2, -0.15) is 0 Å². The van der Waals surface area contributed by atoms with Crippen molar-refractivity contribution in [2.45, 2.75) is 52.1 Å². The van der Waals surface area contributed by atoms with Gasteiger partial charge in [0.15, 0.2) is 0 Å². The zero-order valence-electron chi connectivity index (χ0n) is 13.2. The van der Waals surface area contributed by atoms with Crippen LogP contribution >= 0.6 is 0 Å². The fraction of sp³-hybridized carbons (Fsp3) is 0.400. The molecule has 110 valence electrons. The van der Waals surface area contributed by atoms with Gasteiger partial charge in [0.1, 0.15) is 0 Å². The molecule has 1 aliphatic carbocycles. The molecule has 3 rings (SSSR count). The van der Waals surface area contributed by atoms with Gasteiger partial charge in [-0.1, -0.05) is 36.4 Å². The second kappa shape index (κ2) is 5.65. The van der Waals surface area contributed by atoms with E-state index in [1.807, 2.05) is 0 Å². The van der Waals surface area contributed by atoms with Gasteiger partial charge in [0.05, 0.1) is 6.10 Å². The van der Waals surface area contributed by atoms with Crippen molar-refractivity contribution >= 4 is 0 Å². The van der Waals surface area contributed by atoms with E-state index in [0.29, 0.717) is 0 Å². The monoisotopic (exact) mass is 280 g/mol. The Labute approximate surface area is 127 Å². The lowest BCUT2D eigenvalue weighted by Crippen LogP contribution is -2.18. The summed E-state index contributed by atoms with van der Waals surface area (Å²) in [5, 5.41) is 11.0. The summed E-state index contributed by atoms with van der Waals surface area (Å²) in [5.41, 5.74) is 7.61. The summed E-state index contributed by atoms with van der Waals surface area (Å²) < 4.78 is 0. The molecular formula is C20H24O. The fourth-order valence-electron chi connectivity index (χ4n) is 3.64. The van der Waals surface area contributed by atoms with Crippen molar-refractivity contribution in [3.63, 3.8) is 0 Å². The molecule has 1 aliphatic rings. The largest absolute Gasteiger partial charge is 0.388 e. The Morgan fingerprint density at radius 1 is 1.00 bits per heavy atom. The molecule has 2 aromatic carbocycles. The molecule has 0 saturated carbocycles. The van der Waals surface area contributed by atoms with E-state index in [9.17, 15) is 5.11 Å². The van der Waals surface area contributed by atoms with Crippen LogP contribution in [-0.4, -0.2) is 5.11 Å². The molecule has 0 aromatic heterocycles. The second-order valence-electron chi connectivity index (χ2n) is 6.44. The number of hydrogen-bond donors (Lipinski definition) is 1. The molecule has 21 heavy (non-hydrogen) atoms. The van der Waals surface area contributed by atoms with Gasteiger partial charge in [-0.15, -0.1) is 0 Å². The first-order chi connectivity index (χ1) is 10.1. The molecule has 0 saturated heterocycles. The molecule has 1 N–H and O–H groups in total. The number of fused-ring (bicyclic) bond motifs is 1. The maximum atomic E-state index is 11.0. The maximum Gasteiger partial charge on any atom is 0.0861 e. The highest BCUT2D eigenvalue weighted by molar-refractivity contribution is 5.41. The van der Waals surface area contributed by atoms with Gasteiger partial charge in [0.25, 0.3) is 0 Å². The first-order valence-corrected chi connectivity index (χ1v) is 7.91. The summed E-state index contributed by atoms with van der Waals surface area (Å²) in [6.45, 7) is 6.37. The number of aliphatic hydroxyl groups excluding tert-OH is 1. The predicted molar refractivity (Wildman–Crippen MR) is 87.7 cm³/mol. The Kier molecular flexibility index (Phi) is 3.86. The Bertz CT molecular complexity index is 657. The minimum absolute atomic E-state index is 0.232. The summed E-state index contributed by atoms with van der Waals surface area (Å²) in [7, 11) is 0. The molecule has 0 amide bonds. The van der Waals surface area contributed by atoms with Crippen LogP contribution in [0.15, 0.2) is 36.4 Å². The van der Waals surface area contributed by atoms with Crippen LogP contribution in [-0.2, 0) is 6.42 Å². The SMILES string of the molecule is Cc1cc(C)c(C(O)C2CCCc3ccccc32)cc1C. The van der Waals surface area contributed by atoms with Gasteiger partial charge in [-0.3, -0.25) is 0 Å². The minimum Gasteiger partial charge on any atom is -0.388 e. The van der Waals surface area contributed by atoms with Gasteiger partial charge >= 0.3 is 0 Å². The summed E-state index contributed by atoms with van der Waals surface area (Å²) in [5.74, 6) is 0.232. The highest BCUT2D eigenvalue weighted by Gasteiger charge is 2.28. The van der Waals surface area contributed by atoms with E-state index in [4.69, 9.17) is 0 Å². The standard InChI is InChI=1S/C20H24O/c1-13-11-15(3)19(12-14(13)2)20(21)18-10-6-8-16-7-4-5-9-17(16)18/h4-5,7,9,11-12,18,20-21H,6,8,10H2,1-3H3. The second-order valence-corrected chi connectivity index (χ2v) is 6.44. The van der Waals surface area contributed by atoms with Crippen LogP contribution in [0.1, 0.15) is 58.2 Å². The topological polar surface area (TPSA) is 20.2 Å². The van der Waals surface area contributed by atoms with Crippen molar-refractivity contribution in [1.82, 2.24) is 0 Å². The third-order valence-electron chi connectivity index (χ3n) is 5.00. The highest BCUT2D eigenvalue weighted by atomic mass is 16.3. The van der Waals surface area contributed by atoms with E-state index in [2.05, 4.69) is 57.2 Å². The lowest BCUT2D eigenvalue weighted by molar-refractivity contribution is 0.135. The van der Waals surface area contributed by atoms with Gasteiger partial charge < -0.3 is 5.11 Å². The van der Waals surface area contributed by atoms with Crippen LogP contribution in [0.2, 0.25) is 0 Å². The maximum absolute atomic E-state index is 11.0. The molecule has 0 fully saturated rings. The number of rotatable bonds is 2. The number of benzene rings is 2. The molecule has 2 atom stereocenters. The van der Waals surface area contributed by atoms with Crippen LogP contribution < -0.4 is 0 Å². The van der Waals surface area contributed by atoms with Crippen LogP contribution in [0.4, 0.5) is 0 Å². The van der Waals surface area contributed by atoms with Crippen LogP contribution in [0.3, 0.4) is 0 Å². The number of aryl methyl sites for hydroxylation is 4. The van der Waals surface area contributed by atoms with Crippen molar-refractivity contribution in [2.24, 2.45) is 0 Å². The van der Waals surface area contributed by atoms with Gasteiger partial charge in [0.2, 0.25) is 0 Å². The first-order valence-electron chi connectivity index (χ1n) is 7.91. The molecule has 0 radical (unpaired) electrons. The van der Waals surface area contributed by atoms with Gasteiger partial charge in [-0.25, -0.2) is 0 Å². The van der Waals surface area contributed by atoms with E-state index < -0.39 is 6.10 Å². The molecule has 1 heteroatoms. The van der Waals surface area contributed by atoms with Crippen molar-refractivity contribution in [3.8, 4) is 0 Å². The van der Waals surface area contributed by atoms with Crippen LogP contribution in [0.5, 0.6) is 0 Å². The molecular weight excluding hydrogens is 256 g/mol. The quantitative estimate of drug-likeness (QED) is 0.840. The summed E-state index contributed by atoms with van der Waals surface area (Å²) in [4.78, 5) is 0. The smallest absolute Gasteiger partial charge is 0.0861 e. The average Bonchev–Trinajstić information content (AvgIpc) is 2.49. The third kappa shape index (κ3) is 2.63. The van der Waals surface area contributed by atoms with E-state index in [1.165, 1.54) is 34.2 Å². The van der Waals surface area contributed by atoms with Crippen molar-refractivity contribution in [3.05, 3.63) is 69.8 Å². The zero-order valence-corrected chi connectivity index (χ0v) is 13.2. The summed E-state index contributed by atoms with van der Waals surface area (Å²) in [6, 6.07) is 13.0. The summed E-state index contributed by atoms with van der Waals surface area (Å²) in [6.07, 6.45) is 2.99. The number of hydrogen-bond acceptors (Lipinski definition) is 1. The zero-order chi connectivity index (χ0) is 15.0. The number of aliphatic hydroxyl groups is 1. The lowest BCUT2D eigenvalue weighted by Gasteiger charge is -2.30. The molecule has 2 unspecified atom stereocenters. The van der Waals surface area contributed by atoms with Gasteiger partial charge in [-0.05, 0) is 73.4 Å². The molecule has 1 nitrogen and oxygen atoms in total. The van der Waals surface area contributed by atoms with E-state index in [-0.39, 0.29) is 5.92 Å².